The zero-order valence-corrected chi connectivity index (χ0v) is 13.6. The number of hydrogen-bond donors (Lipinski definition) is 1. The van der Waals surface area contributed by atoms with E-state index >= 15 is 0 Å². The van der Waals surface area contributed by atoms with Crippen LogP contribution in [0.5, 0.6) is 0 Å². The highest BCUT2D eigenvalue weighted by molar-refractivity contribution is 4.84. The number of aliphatic hydroxyl groups is 1. The van der Waals surface area contributed by atoms with Crippen molar-refractivity contribution >= 4 is 0 Å². The van der Waals surface area contributed by atoms with Crippen LogP contribution in [0.2, 0.25) is 0 Å². The first-order valence-electron chi connectivity index (χ1n) is 7.89. The monoisotopic (exact) mass is 304 g/mol. The molecule has 0 amide bonds. The fourth-order valence-electron chi connectivity index (χ4n) is 1.81. The van der Waals surface area contributed by atoms with Gasteiger partial charge in [-0.15, -0.1) is 0 Å². The van der Waals surface area contributed by atoms with Crippen LogP contribution in [0, 0.1) is 5.92 Å². The molecule has 5 nitrogen and oxygen atoms in total. The predicted molar refractivity (Wildman–Crippen MR) is 83.3 cm³/mol. The summed E-state index contributed by atoms with van der Waals surface area (Å²) in [6.45, 7) is 11.9. The van der Waals surface area contributed by atoms with E-state index in [1.807, 2.05) is 0 Å². The summed E-state index contributed by atoms with van der Waals surface area (Å²) in [4.78, 5) is 0. The molecule has 1 N–H and O–H groups in total. The summed E-state index contributed by atoms with van der Waals surface area (Å²) in [7, 11) is 0. The lowest BCUT2D eigenvalue weighted by Crippen LogP contribution is -2.12. The molecule has 0 heterocycles. The molecule has 0 spiro atoms. The predicted octanol–water partition coefficient (Wildman–Crippen LogP) is 2.39. The van der Waals surface area contributed by atoms with Gasteiger partial charge in [-0.25, -0.2) is 0 Å². The molecule has 0 fully saturated rings. The van der Waals surface area contributed by atoms with Crippen molar-refractivity contribution in [2.45, 2.75) is 33.1 Å². The van der Waals surface area contributed by atoms with Crippen molar-refractivity contribution in [2.75, 3.05) is 52.9 Å². The fourth-order valence-corrected chi connectivity index (χ4v) is 1.81. The van der Waals surface area contributed by atoms with Gasteiger partial charge in [-0.3, -0.25) is 0 Å². The molecule has 0 aliphatic heterocycles. The first-order valence-corrected chi connectivity index (χ1v) is 7.89. The van der Waals surface area contributed by atoms with Crippen molar-refractivity contribution in [1.82, 2.24) is 0 Å². The Hall–Kier alpha value is -0.620. The number of allylic oxidation sites excluding steroid dienone is 1. The van der Waals surface area contributed by atoms with Gasteiger partial charge in [0, 0.05) is 6.42 Å². The SMILES string of the molecule is C=C(CC(CC)CC)OCCOCCOCCOCCO. The summed E-state index contributed by atoms with van der Waals surface area (Å²) < 4.78 is 21.3. The number of aliphatic hydroxyl groups excluding tert-OH is 1. The van der Waals surface area contributed by atoms with Crippen LogP contribution < -0.4 is 0 Å². The molecule has 0 atom stereocenters. The highest BCUT2D eigenvalue weighted by atomic mass is 16.6. The largest absolute Gasteiger partial charge is 0.496 e. The molecule has 0 radical (unpaired) electrons. The summed E-state index contributed by atoms with van der Waals surface area (Å²) in [5, 5.41) is 8.50. The molecule has 126 valence electrons. The molecule has 0 bridgehead atoms. The van der Waals surface area contributed by atoms with Crippen LogP contribution in [-0.2, 0) is 18.9 Å². The van der Waals surface area contributed by atoms with E-state index in [1.165, 1.54) is 0 Å². The second-order valence-corrected chi connectivity index (χ2v) is 4.83. The van der Waals surface area contributed by atoms with Gasteiger partial charge in [-0.2, -0.15) is 0 Å². The molecule has 0 aliphatic carbocycles. The Bertz CT molecular complexity index is 229. The van der Waals surface area contributed by atoms with Gasteiger partial charge in [0.2, 0.25) is 0 Å². The first-order chi connectivity index (χ1) is 10.2. The standard InChI is InChI=1S/C16H32O5/c1-4-16(5-2)14-15(3)21-13-12-20-11-10-19-9-8-18-7-6-17/h16-17H,3-14H2,1-2H3. The van der Waals surface area contributed by atoms with E-state index in [4.69, 9.17) is 24.1 Å². The van der Waals surface area contributed by atoms with E-state index in [0.29, 0.717) is 52.2 Å². The van der Waals surface area contributed by atoms with Crippen molar-refractivity contribution in [3.63, 3.8) is 0 Å². The maximum Gasteiger partial charge on any atom is 0.111 e. The zero-order valence-electron chi connectivity index (χ0n) is 13.6. The quantitative estimate of drug-likeness (QED) is 0.350. The van der Waals surface area contributed by atoms with Gasteiger partial charge in [0.05, 0.1) is 52.0 Å². The van der Waals surface area contributed by atoms with E-state index in [9.17, 15) is 0 Å². The van der Waals surface area contributed by atoms with Crippen LogP contribution >= 0.6 is 0 Å². The molecule has 0 aromatic carbocycles. The van der Waals surface area contributed by atoms with E-state index in [0.717, 1.165) is 25.0 Å². The third-order valence-electron chi connectivity index (χ3n) is 3.18. The van der Waals surface area contributed by atoms with Crippen LogP contribution in [-0.4, -0.2) is 58.0 Å². The van der Waals surface area contributed by atoms with Crippen molar-refractivity contribution in [3.8, 4) is 0 Å². The molecule has 0 aliphatic rings. The summed E-state index contributed by atoms with van der Waals surface area (Å²) in [5.41, 5.74) is 0. The Morgan fingerprint density at radius 1 is 0.857 bits per heavy atom. The molecule has 0 saturated carbocycles. The smallest absolute Gasteiger partial charge is 0.111 e. The molecule has 0 rings (SSSR count). The summed E-state index contributed by atoms with van der Waals surface area (Å²) >= 11 is 0. The highest BCUT2D eigenvalue weighted by Crippen LogP contribution is 2.17. The van der Waals surface area contributed by atoms with Gasteiger partial charge >= 0.3 is 0 Å². The molecular weight excluding hydrogens is 272 g/mol. The van der Waals surface area contributed by atoms with Crippen LogP contribution in [0.25, 0.3) is 0 Å². The van der Waals surface area contributed by atoms with Crippen LogP contribution in [0.15, 0.2) is 12.3 Å². The Kier molecular flexibility index (Phi) is 15.3. The number of rotatable bonds is 16. The van der Waals surface area contributed by atoms with Crippen molar-refractivity contribution in [3.05, 3.63) is 12.3 Å². The van der Waals surface area contributed by atoms with Gasteiger partial charge < -0.3 is 24.1 Å². The summed E-state index contributed by atoms with van der Waals surface area (Å²) in [5.74, 6) is 1.52. The number of hydrogen-bond acceptors (Lipinski definition) is 5. The second-order valence-electron chi connectivity index (χ2n) is 4.83. The summed E-state index contributed by atoms with van der Waals surface area (Å²) in [6.07, 6.45) is 3.26. The maximum atomic E-state index is 8.50. The van der Waals surface area contributed by atoms with Crippen molar-refractivity contribution in [1.29, 1.82) is 0 Å². The van der Waals surface area contributed by atoms with Crippen molar-refractivity contribution < 1.29 is 24.1 Å². The molecule has 21 heavy (non-hydrogen) atoms. The molecule has 0 unspecified atom stereocenters. The molecule has 0 aromatic heterocycles. The van der Waals surface area contributed by atoms with E-state index < -0.39 is 0 Å². The minimum absolute atomic E-state index is 0.0473. The average Bonchev–Trinajstić information content (AvgIpc) is 2.50. The van der Waals surface area contributed by atoms with E-state index in [2.05, 4.69) is 20.4 Å². The summed E-state index contributed by atoms with van der Waals surface area (Å²) in [6, 6.07) is 0. The minimum atomic E-state index is 0.0473. The number of ether oxygens (including phenoxy) is 4. The van der Waals surface area contributed by atoms with Gasteiger partial charge in [0.15, 0.2) is 0 Å². The average molecular weight is 304 g/mol. The lowest BCUT2D eigenvalue weighted by atomic mass is 9.99. The van der Waals surface area contributed by atoms with Gasteiger partial charge in [0.1, 0.15) is 6.61 Å². The third-order valence-corrected chi connectivity index (χ3v) is 3.18. The van der Waals surface area contributed by atoms with Crippen LogP contribution in [0.1, 0.15) is 33.1 Å². The molecule has 0 saturated heterocycles. The third kappa shape index (κ3) is 14.1. The Morgan fingerprint density at radius 3 is 1.81 bits per heavy atom. The topological polar surface area (TPSA) is 57.2 Å². The lowest BCUT2D eigenvalue weighted by Gasteiger charge is -2.15. The molecule has 0 aromatic rings. The fraction of sp³-hybridized carbons (Fsp3) is 0.875. The second kappa shape index (κ2) is 15.8. The Labute approximate surface area is 129 Å². The van der Waals surface area contributed by atoms with Gasteiger partial charge in [-0.1, -0.05) is 33.3 Å². The van der Waals surface area contributed by atoms with Crippen LogP contribution in [0.4, 0.5) is 0 Å². The molecule has 5 heteroatoms. The normalized spacial score (nSPS) is 11.0. The van der Waals surface area contributed by atoms with Crippen LogP contribution in [0.3, 0.4) is 0 Å². The van der Waals surface area contributed by atoms with E-state index in [-0.39, 0.29) is 6.61 Å². The van der Waals surface area contributed by atoms with Gasteiger partial charge in [0.25, 0.3) is 0 Å². The minimum Gasteiger partial charge on any atom is -0.496 e. The zero-order chi connectivity index (χ0) is 15.8. The maximum absolute atomic E-state index is 8.50. The Balaban J connectivity index is 3.23. The highest BCUT2D eigenvalue weighted by Gasteiger charge is 2.06. The molecular formula is C16H32O5. The van der Waals surface area contributed by atoms with Gasteiger partial charge in [-0.05, 0) is 5.92 Å². The van der Waals surface area contributed by atoms with E-state index in [1.54, 1.807) is 0 Å². The van der Waals surface area contributed by atoms with Crippen molar-refractivity contribution in [2.24, 2.45) is 5.92 Å². The first kappa shape index (κ1) is 20.4. The lowest BCUT2D eigenvalue weighted by molar-refractivity contribution is -0.000571. The Morgan fingerprint density at radius 2 is 1.33 bits per heavy atom.